The lowest BCUT2D eigenvalue weighted by atomic mass is 9.97. The predicted octanol–water partition coefficient (Wildman–Crippen LogP) is 7.61. The van der Waals surface area contributed by atoms with Crippen molar-refractivity contribution in [2.45, 2.75) is 46.0 Å². The quantitative estimate of drug-likeness (QED) is 0.231. The molecule has 0 aliphatic heterocycles. The lowest BCUT2D eigenvalue weighted by Gasteiger charge is -2.09. The molecule has 0 amide bonds. The van der Waals surface area contributed by atoms with Crippen molar-refractivity contribution in [2.24, 2.45) is 4.99 Å². The molecule has 3 rings (SSSR count). The highest BCUT2D eigenvalue weighted by molar-refractivity contribution is 7.27. The lowest BCUT2D eigenvalue weighted by molar-refractivity contribution is 0.0692. The van der Waals surface area contributed by atoms with Crippen molar-refractivity contribution >= 4 is 43.4 Å². The van der Waals surface area contributed by atoms with Gasteiger partial charge in [-0.25, -0.2) is 18.0 Å². The van der Waals surface area contributed by atoms with E-state index in [9.17, 15) is 18.0 Å². The van der Waals surface area contributed by atoms with Crippen LogP contribution in [0.4, 0.5) is 13.2 Å². The van der Waals surface area contributed by atoms with Crippen LogP contribution in [-0.4, -0.2) is 16.8 Å². The number of rotatable bonds is 7. The number of carboxylic acids is 1. The van der Waals surface area contributed by atoms with Crippen molar-refractivity contribution in [3.8, 4) is 0 Å². The second-order valence-corrected chi connectivity index (χ2v) is 9.09. The fourth-order valence-electron chi connectivity index (χ4n) is 3.68. The molecule has 0 aromatic heterocycles. The van der Waals surface area contributed by atoms with Gasteiger partial charge in [-0.1, -0.05) is 36.7 Å². The summed E-state index contributed by atoms with van der Waals surface area (Å²) in [5, 5.41) is 9.85. The number of carboxylic acid groups (broad SMARTS) is 1. The first-order chi connectivity index (χ1) is 16.6. The van der Waals surface area contributed by atoms with Gasteiger partial charge in [0.05, 0.1) is 10.6 Å². The fourth-order valence-corrected chi connectivity index (χ4v) is 4.08. The Labute approximate surface area is 211 Å². The zero-order valence-corrected chi connectivity index (χ0v) is 21.6. The first kappa shape index (κ1) is 28.5. The Morgan fingerprint density at radius 3 is 2.51 bits per heavy atom. The summed E-state index contributed by atoms with van der Waals surface area (Å²) in [6.45, 7) is 7.38. The molecule has 1 aliphatic carbocycles. The Bertz CT molecular complexity index is 1180. The third kappa shape index (κ3) is 8.19. The van der Waals surface area contributed by atoms with E-state index in [-0.39, 0.29) is 5.56 Å². The predicted molar refractivity (Wildman–Crippen MR) is 141 cm³/mol. The van der Waals surface area contributed by atoms with E-state index in [2.05, 4.69) is 20.8 Å². The molecule has 1 N–H and O–H groups in total. The summed E-state index contributed by atoms with van der Waals surface area (Å²) in [5.41, 5.74) is 4.50. The van der Waals surface area contributed by atoms with Crippen LogP contribution in [0.2, 0.25) is 0 Å². The normalized spacial score (nSPS) is 14.0. The Hall–Kier alpha value is -2.69. The van der Waals surface area contributed by atoms with Crippen LogP contribution < -0.4 is 5.30 Å². The molecule has 2 aromatic rings. The molecule has 0 saturated carbocycles. The molecular weight excluding hydrogens is 494 g/mol. The van der Waals surface area contributed by atoms with Crippen molar-refractivity contribution in [2.75, 3.05) is 0 Å². The fraction of sp³-hybridized carbons (Fsp3) is 0.259. The summed E-state index contributed by atoms with van der Waals surface area (Å²) in [7, 11) is 2.17. The molecule has 2 aromatic carbocycles. The van der Waals surface area contributed by atoms with Crippen molar-refractivity contribution in [1.82, 2.24) is 0 Å². The minimum Gasteiger partial charge on any atom is -0.478 e. The topological polar surface area (TPSA) is 49.7 Å². The van der Waals surface area contributed by atoms with E-state index in [1.807, 2.05) is 13.8 Å². The maximum absolute atomic E-state index is 13.6. The zero-order valence-electron chi connectivity index (χ0n) is 19.7. The molecule has 0 bridgehead atoms. The third-order valence-corrected chi connectivity index (χ3v) is 6.15. The van der Waals surface area contributed by atoms with Crippen molar-refractivity contribution < 1.29 is 23.1 Å². The van der Waals surface area contributed by atoms with E-state index in [4.69, 9.17) is 16.7 Å². The molecule has 1 aliphatic rings. The number of hydrogen-bond donors (Lipinski definition) is 1. The Balaban J connectivity index is 0.000000328. The van der Waals surface area contributed by atoms with Gasteiger partial charge in [0, 0.05) is 23.6 Å². The van der Waals surface area contributed by atoms with Gasteiger partial charge >= 0.3 is 5.97 Å². The molecule has 0 fully saturated rings. The van der Waals surface area contributed by atoms with Gasteiger partial charge < -0.3 is 5.11 Å². The van der Waals surface area contributed by atoms with Crippen molar-refractivity contribution in [3.05, 3.63) is 93.9 Å². The van der Waals surface area contributed by atoms with Crippen LogP contribution in [0.3, 0.4) is 0 Å². The molecule has 8 heteroatoms. The van der Waals surface area contributed by atoms with Crippen molar-refractivity contribution in [1.29, 1.82) is 0 Å². The number of aliphatic imine (C=N–C) groups is 1. The highest BCUT2D eigenvalue weighted by Crippen LogP contribution is 2.36. The molecule has 186 valence electrons. The van der Waals surface area contributed by atoms with Crippen LogP contribution in [0.5, 0.6) is 0 Å². The first-order valence-corrected chi connectivity index (χ1v) is 12.0. The summed E-state index contributed by atoms with van der Waals surface area (Å²) in [6.07, 6.45) is 7.27. The zero-order chi connectivity index (χ0) is 26.1. The number of hydrogen-bond acceptors (Lipinski definition) is 2. The average molecular weight is 522 g/mol. The highest BCUT2D eigenvalue weighted by atomic mass is 35.5. The van der Waals surface area contributed by atoms with Gasteiger partial charge in [0.25, 0.3) is 0 Å². The van der Waals surface area contributed by atoms with E-state index in [1.54, 1.807) is 18.3 Å². The number of nitrogens with zero attached hydrogens (tertiary/aromatic N) is 1. The van der Waals surface area contributed by atoms with Crippen molar-refractivity contribution in [3.63, 3.8) is 0 Å². The van der Waals surface area contributed by atoms with Gasteiger partial charge in [0.1, 0.15) is 5.82 Å². The second-order valence-electron chi connectivity index (χ2n) is 8.03. The third-order valence-electron chi connectivity index (χ3n) is 5.47. The molecule has 0 spiro atoms. The number of allylic oxidation sites excluding steroid dienone is 4. The maximum Gasteiger partial charge on any atom is 0.338 e. The van der Waals surface area contributed by atoms with E-state index < -0.39 is 23.4 Å². The Morgan fingerprint density at radius 1 is 1.20 bits per heavy atom. The molecule has 3 nitrogen and oxygen atoms in total. The number of carbonyl (C=O) groups is 1. The van der Waals surface area contributed by atoms with Crippen LogP contribution in [0.15, 0.2) is 64.8 Å². The van der Waals surface area contributed by atoms with Gasteiger partial charge in [-0.2, -0.15) is 0 Å². The van der Waals surface area contributed by atoms with Crippen LogP contribution in [0, 0.1) is 17.5 Å². The van der Waals surface area contributed by atoms with Crippen LogP contribution >= 0.6 is 20.8 Å². The van der Waals surface area contributed by atoms with Gasteiger partial charge in [-0.15, -0.1) is 9.24 Å². The standard InChI is InChI=1S/C19H19ClFNO2.C8H9F2P/c1-3-15(20)11-22-12(2)9-13-5-4-6-16(13)14-7-8-18(21)17(10-14)19(23)24;1-2-5-3-6(9)8(10)7(11)4-5/h3,7-8,10-11H,1,4-6,9H2,2H3,(H,23,24);3-4H,2,11H2,1H3/b15-11+,22-12?;. The summed E-state index contributed by atoms with van der Waals surface area (Å²) in [4.78, 5) is 15.4. The molecule has 0 radical (unpaired) electrons. The number of benzene rings is 2. The molecule has 1 atom stereocenters. The monoisotopic (exact) mass is 521 g/mol. The summed E-state index contributed by atoms with van der Waals surface area (Å²) in [6, 6.07) is 7.13. The largest absolute Gasteiger partial charge is 0.478 e. The Kier molecular flexibility index (Phi) is 10.9. The lowest BCUT2D eigenvalue weighted by Crippen LogP contribution is -2.03. The molecule has 0 saturated heterocycles. The van der Waals surface area contributed by atoms with Gasteiger partial charge in [0.2, 0.25) is 0 Å². The maximum atomic E-state index is 13.6. The minimum atomic E-state index is -1.25. The van der Waals surface area contributed by atoms with Crippen LogP contribution in [-0.2, 0) is 6.42 Å². The van der Waals surface area contributed by atoms with E-state index in [0.717, 1.165) is 48.1 Å². The van der Waals surface area contributed by atoms with Gasteiger partial charge in [-0.3, -0.25) is 4.99 Å². The van der Waals surface area contributed by atoms with E-state index >= 15 is 0 Å². The molecular formula is C27H28ClF3NO2P. The summed E-state index contributed by atoms with van der Waals surface area (Å²) < 4.78 is 38.9. The average Bonchev–Trinajstić information content (AvgIpc) is 3.29. The number of aromatic carboxylic acids is 1. The minimum absolute atomic E-state index is 0.293. The van der Waals surface area contributed by atoms with Gasteiger partial charge in [-0.05, 0) is 79.6 Å². The van der Waals surface area contributed by atoms with E-state index in [0.29, 0.717) is 16.8 Å². The van der Waals surface area contributed by atoms with Gasteiger partial charge in [0.15, 0.2) is 11.6 Å². The smallest absolute Gasteiger partial charge is 0.338 e. The second kappa shape index (κ2) is 13.4. The molecule has 0 heterocycles. The van der Waals surface area contributed by atoms with E-state index in [1.165, 1.54) is 29.8 Å². The highest BCUT2D eigenvalue weighted by Gasteiger charge is 2.19. The summed E-state index contributed by atoms with van der Waals surface area (Å²) >= 11 is 5.85. The molecule has 1 unspecified atom stereocenters. The van der Waals surface area contributed by atoms with Crippen LogP contribution in [0.1, 0.15) is 61.0 Å². The number of halogens is 4. The van der Waals surface area contributed by atoms with Crippen LogP contribution in [0.25, 0.3) is 5.57 Å². The Morgan fingerprint density at radius 2 is 1.91 bits per heavy atom. The SMILES string of the molecule is C=C/C(Cl)=C\N=C(C)CC1=C(c2ccc(F)c(C(=O)O)c2)CCC1.CCc1cc(F)c(F)c(P)c1. The summed E-state index contributed by atoms with van der Waals surface area (Å²) in [5.74, 6) is -3.51. The number of aryl methyl sites for hydroxylation is 1. The first-order valence-electron chi connectivity index (χ1n) is 11.1. The molecule has 35 heavy (non-hydrogen) atoms.